The number of amides is 1. The van der Waals surface area contributed by atoms with Gasteiger partial charge in [-0.3, -0.25) is 4.79 Å². The number of hydrogen-bond donors (Lipinski definition) is 0. The molecule has 0 radical (unpaired) electrons. The molecular formula is C13H23NO4. The Labute approximate surface area is 108 Å². The predicted molar refractivity (Wildman–Crippen MR) is 67.2 cm³/mol. The summed E-state index contributed by atoms with van der Waals surface area (Å²) < 4.78 is 9.98. The second-order valence-electron chi connectivity index (χ2n) is 4.57. The Morgan fingerprint density at radius 2 is 1.61 bits per heavy atom. The van der Waals surface area contributed by atoms with E-state index in [0.29, 0.717) is 13.2 Å². The van der Waals surface area contributed by atoms with E-state index in [1.807, 2.05) is 6.92 Å². The molecule has 1 saturated carbocycles. The van der Waals surface area contributed by atoms with Crippen molar-refractivity contribution in [2.24, 2.45) is 5.92 Å². The van der Waals surface area contributed by atoms with Crippen molar-refractivity contribution in [3.05, 3.63) is 0 Å². The second kappa shape index (κ2) is 7.24. The van der Waals surface area contributed by atoms with E-state index in [4.69, 9.17) is 9.47 Å². The van der Waals surface area contributed by atoms with E-state index in [1.165, 1.54) is 0 Å². The van der Waals surface area contributed by atoms with Gasteiger partial charge in [0.2, 0.25) is 0 Å². The summed E-state index contributed by atoms with van der Waals surface area (Å²) in [6.07, 6.45) is 2.95. The minimum atomic E-state index is -0.280. The Hall–Kier alpha value is -1.26. The number of ether oxygens (including phenoxy) is 2. The number of carbonyl (C=O) groups excluding carboxylic acids is 2. The maximum atomic E-state index is 11.6. The van der Waals surface area contributed by atoms with Crippen LogP contribution in [0.3, 0.4) is 0 Å². The van der Waals surface area contributed by atoms with Crippen LogP contribution in [0.4, 0.5) is 4.79 Å². The van der Waals surface area contributed by atoms with Gasteiger partial charge in [-0.05, 0) is 39.5 Å². The largest absolute Gasteiger partial charge is 0.466 e. The van der Waals surface area contributed by atoms with E-state index in [1.54, 1.807) is 18.9 Å². The van der Waals surface area contributed by atoms with Crippen LogP contribution in [0.25, 0.3) is 0 Å². The highest BCUT2D eigenvalue weighted by Gasteiger charge is 2.30. The van der Waals surface area contributed by atoms with Gasteiger partial charge in [0, 0.05) is 13.1 Å². The summed E-state index contributed by atoms with van der Waals surface area (Å²) in [5, 5.41) is 0. The van der Waals surface area contributed by atoms with E-state index in [9.17, 15) is 9.59 Å². The first-order valence-corrected chi connectivity index (χ1v) is 6.66. The lowest BCUT2D eigenvalue weighted by Gasteiger charge is -2.33. The molecule has 0 aliphatic heterocycles. The Kier molecular flexibility index (Phi) is 5.95. The third kappa shape index (κ3) is 3.89. The maximum Gasteiger partial charge on any atom is 0.409 e. The molecule has 1 aliphatic carbocycles. The second-order valence-corrected chi connectivity index (χ2v) is 4.57. The summed E-state index contributed by atoms with van der Waals surface area (Å²) in [6.45, 7) is 4.43. The average Bonchev–Trinajstić information content (AvgIpc) is 2.38. The number of hydrogen-bond acceptors (Lipinski definition) is 4. The maximum absolute atomic E-state index is 11.6. The van der Waals surface area contributed by atoms with Gasteiger partial charge in [-0.2, -0.15) is 0 Å². The van der Waals surface area contributed by atoms with Gasteiger partial charge in [-0.15, -0.1) is 0 Å². The molecule has 0 N–H and O–H groups in total. The van der Waals surface area contributed by atoms with E-state index < -0.39 is 0 Å². The van der Waals surface area contributed by atoms with Crippen molar-refractivity contribution in [1.29, 1.82) is 0 Å². The molecule has 0 aromatic heterocycles. The SMILES string of the molecule is CCOC(=O)C1CCC(N(C)C(=O)OCC)CC1. The van der Waals surface area contributed by atoms with Gasteiger partial charge in [0.15, 0.2) is 0 Å². The van der Waals surface area contributed by atoms with Gasteiger partial charge in [-0.25, -0.2) is 4.79 Å². The molecule has 5 nitrogen and oxygen atoms in total. The lowest BCUT2D eigenvalue weighted by atomic mass is 9.85. The first-order valence-electron chi connectivity index (χ1n) is 6.66. The minimum absolute atomic E-state index is 0.00297. The van der Waals surface area contributed by atoms with Crippen molar-refractivity contribution >= 4 is 12.1 Å². The molecule has 1 fully saturated rings. The van der Waals surface area contributed by atoms with E-state index in [2.05, 4.69) is 0 Å². The van der Waals surface area contributed by atoms with Gasteiger partial charge in [0.05, 0.1) is 19.1 Å². The molecule has 0 saturated heterocycles. The van der Waals surface area contributed by atoms with Crippen molar-refractivity contribution in [1.82, 2.24) is 4.90 Å². The average molecular weight is 257 g/mol. The standard InChI is InChI=1S/C13H23NO4/c1-4-17-12(15)10-6-8-11(9-7-10)14(3)13(16)18-5-2/h10-11H,4-9H2,1-3H3. The third-order valence-corrected chi connectivity index (χ3v) is 3.42. The van der Waals surface area contributed by atoms with Crippen LogP contribution in [0.15, 0.2) is 0 Å². The molecule has 0 spiro atoms. The minimum Gasteiger partial charge on any atom is -0.466 e. The third-order valence-electron chi connectivity index (χ3n) is 3.42. The van der Waals surface area contributed by atoms with Crippen LogP contribution in [0.1, 0.15) is 39.5 Å². The summed E-state index contributed by atoms with van der Waals surface area (Å²) in [7, 11) is 1.76. The summed E-state index contributed by atoms with van der Waals surface area (Å²) in [5.41, 5.74) is 0. The highest BCUT2D eigenvalue weighted by molar-refractivity contribution is 5.72. The zero-order chi connectivity index (χ0) is 13.5. The highest BCUT2D eigenvalue weighted by Crippen LogP contribution is 2.28. The number of nitrogens with zero attached hydrogens (tertiary/aromatic N) is 1. The van der Waals surface area contributed by atoms with Crippen LogP contribution in [-0.4, -0.2) is 43.3 Å². The van der Waals surface area contributed by atoms with Crippen LogP contribution < -0.4 is 0 Å². The van der Waals surface area contributed by atoms with Gasteiger partial charge < -0.3 is 14.4 Å². The highest BCUT2D eigenvalue weighted by atomic mass is 16.6. The summed E-state index contributed by atoms with van der Waals surface area (Å²) >= 11 is 0. The Bertz CT molecular complexity index is 285. The fourth-order valence-electron chi connectivity index (χ4n) is 2.33. The molecule has 1 rings (SSSR count). The summed E-state index contributed by atoms with van der Waals surface area (Å²) in [5.74, 6) is -0.105. The predicted octanol–water partition coefficient (Wildman–Crippen LogP) is 2.20. The fraction of sp³-hybridized carbons (Fsp3) is 0.846. The molecule has 0 bridgehead atoms. The molecule has 0 unspecified atom stereocenters. The molecule has 18 heavy (non-hydrogen) atoms. The van der Waals surface area contributed by atoms with Crippen LogP contribution in [0, 0.1) is 5.92 Å². The molecule has 1 aliphatic rings. The zero-order valence-corrected chi connectivity index (χ0v) is 11.5. The van der Waals surface area contributed by atoms with Crippen LogP contribution in [-0.2, 0) is 14.3 Å². The topological polar surface area (TPSA) is 55.8 Å². The summed E-state index contributed by atoms with van der Waals surface area (Å²) in [6, 6.07) is 0.176. The number of rotatable bonds is 4. The molecular weight excluding hydrogens is 234 g/mol. The first-order chi connectivity index (χ1) is 8.60. The van der Waals surface area contributed by atoms with Crippen molar-refractivity contribution in [3.8, 4) is 0 Å². The smallest absolute Gasteiger partial charge is 0.409 e. The monoisotopic (exact) mass is 257 g/mol. The van der Waals surface area contributed by atoms with E-state index in [0.717, 1.165) is 25.7 Å². The molecule has 0 atom stereocenters. The van der Waals surface area contributed by atoms with Gasteiger partial charge in [-0.1, -0.05) is 0 Å². The van der Waals surface area contributed by atoms with E-state index >= 15 is 0 Å². The van der Waals surface area contributed by atoms with E-state index in [-0.39, 0.29) is 24.0 Å². The molecule has 0 aromatic rings. The van der Waals surface area contributed by atoms with Crippen molar-refractivity contribution in [2.75, 3.05) is 20.3 Å². The van der Waals surface area contributed by atoms with Gasteiger partial charge >= 0.3 is 12.1 Å². The molecule has 0 aromatic carbocycles. The van der Waals surface area contributed by atoms with Crippen LogP contribution in [0.5, 0.6) is 0 Å². The number of esters is 1. The lowest BCUT2D eigenvalue weighted by Crippen LogP contribution is -2.40. The van der Waals surface area contributed by atoms with Crippen LogP contribution in [0.2, 0.25) is 0 Å². The zero-order valence-electron chi connectivity index (χ0n) is 11.5. The molecule has 104 valence electrons. The van der Waals surface area contributed by atoms with Crippen molar-refractivity contribution < 1.29 is 19.1 Å². The number of carbonyl (C=O) groups is 2. The Morgan fingerprint density at radius 1 is 1.06 bits per heavy atom. The van der Waals surface area contributed by atoms with Crippen LogP contribution >= 0.6 is 0 Å². The first kappa shape index (κ1) is 14.8. The summed E-state index contributed by atoms with van der Waals surface area (Å²) in [4.78, 5) is 24.8. The van der Waals surface area contributed by atoms with Crippen molar-refractivity contribution in [2.45, 2.75) is 45.6 Å². The normalized spacial score (nSPS) is 23.3. The van der Waals surface area contributed by atoms with Crippen molar-refractivity contribution in [3.63, 3.8) is 0 Å². The van der Waals surface area contributed by atoms with Gasteiger partial charge in [0.1, 0.15) is 0 Å². The fourth-order valence-corrected chi connectivity index (χ4v) is 2.33. The molecule has 1 amide bonds. The Morgan fingerprint density at radius 3 is 2.11 bits per heavy atom. The van der Waals surface area contributed by atoms with Gasteiger partial charge in [0.25, 0.3) is 0 Å². The Balaban J connectivity index is 2.39. The quantitative estimate of drug-likeness (QED) is 0.724. The molecule has 5 heteroatoms. The lowest BCUT2D eigenvalue weighted by molar-refractivity contribution is -0.149. The molecule has 0 heterocycles.